The molecule has 5 heteroatoms. The number of nitrogens with two attached hydrogens (primary N) is 1. The summed E-state index contributed by atoms with van der Waals surface area (Å²) in [5.41, 5.74) is 7.15. The van der Waals surface area contributed by atoms with Crippen molar-refractivity contribution in [1.29, 1.82) is 0 Å². The fraction of sp³-hybridized carbons (Fsp3) is 0.350. The molecule has 0 unspecified atom stereocenters. The van der Waals surface area contributed by atoms with Gasteiger partial charge in [-0.25, -0.2) is 8.78 Å². The Morgan fingerprint density at radius 3 is 1.88 bits per heavy atom. The molecule has 2 rings (SSSR count). The van der Waals surface area contributed by atoms with Crippen molar-refractivity contribution in [2.24, 2.45) is 11.7 Å². The highest BCUT2D eigenvalue weighted by atomic mass is 19.1. The summed E-state index contributed by atoms with van der Waals surface area (Å²) in [6, 6.07) is 11.9. The minimum atomic E-state index is -0.716. The molecule has 2 aromatic carbocycles. The maximum atomic E-state index is 13.5. The average molecular weight is 347 g/mol. The number of halogens is 2. The van der Waals surface area contributed by atoms with Crippen LogP contribution < -0.4 is 5.73 Å². The molecule has 0 saturated heterocycles. The average Bonchev–Trinajstić information content (AvgIpc) is 2.54. The molecule has 0 bridgehead atoms. The minimum absolute atomic E-state index is 0.133. The number of carbonyl (C=O) groups excluding carboxylic acids is 1. The maximum Gasteiger partial charge on any atom is 0.322 e. The first kappa shape index (κ1) is 19.1. The molecule has 0 aliphatic rings. The van der Waals surface area contributed by atoms with Gasteiger partial charge in [0.1, 0.15) is 23.8 Å². The number of esters is 1. The predicted molar refractivity (Wildman–Crippen MR) is 92.9 cm³/mol. The van der Waals surface area contributed by atoms with Crippen LogP contribution in [0.1, 0.15) is 25.0 Å². The molecule has 0 radical (unpaired) electrons. The molecule has 2 N–H and O–H groups in total. The second-order valence-electron chi connectivity index (χ2n) is 6.36. The number of carbonyl (C=O) groups is 1. The zero-order valence-electron chi connectivity index (χ0n) is 14.4. The van der Waals surface area contributed by atoms with Crippen LogP contribution in [0.3, 0.4) is 0 Å². The van der Waals surface area contributed by atoms with Gasteiger partial charge in [-0.3, -0.25) is 4.79 Å². The molecular formula is C20H23F2NO2. The lowest BCUT2D eigenvalue weighted by Gasteiger charge is -2.25. The van der Waals surface area contributed by atoms with Crippen molar-refractivity contribution in [3.05, 3.63) is 71.3 Å². The molecule has 0 aliphatic carbocycles. The van der Waals surface area contributed by atoms with Gasteiger partial charge in [-0.15, -0.1) is 0 Å². The molecule has 134 valence electrons. The second-order valence-corrected chi connectivity index (χ2v) is 6.36. The summed E-state index contributed by atoms with van der Waals surface area (Å²) in [5, 5.41) is 0. The van der Waals surface area contributed by atoms with Crippen molar-refractivity contribution in [2.75, 3.05) is 0 Å². The first-order valence-electron chi connectivity index (χ1n) is 8.30. The van der Waals surface area contributed by atoms with E-state index in [0.717, 1.165) is 11.1 Å². The van der Waals surface area contributed by atoms with Crippen LogP contribution in [0.15, 0.2) is 48.5 Å². The van der Waals surface area contributed by atoms with Crippen molar-refractivity contribution >= 4 is 5.97 Å². The van der Waals surface area contributed by atoms with E-state index >= 15 is 0 Å². The first-order valence-corrected chi connectivity index (χ1v) is 8.30. The zero-order valence-corrected chi connectivity index (χ0v) is 14.4. The highest BCUT2D eigenvalue weighted by molar-refractivity contribution is 5.75. The lowest BCUT2D eigenvalue weighted by molar-refractivity contribution is -0.151. The monoisotopic (exact) mass is 347 g/mol. The summed E-state index contributed by atoms with van der Waals surface area (Å²) < 4.78 is 32.4. The molecule has 0 aromatic heterocycles. The lowest BCUT2D eigenvalue weighted by atomic mass is 9.88. The van der Waals surface area contributed by atoms with E-state index in [2.05, 4.69) is 0 Å². The lowest BCUT2D eigenvalue weighted by Crippen LogP contribution is -2.35. The highest BCUT2D eigenvalue weighted by Gasteiger charge is 2.23. The maximum absolute atomic E-state index is 13.5. The largest absolute Gasteiger partial charge is 0.461 e. The van der Waals surface area contributed by atoms with Crippen molar-refractivity contribution in [3.8, 4) is 0 Å². The minimum Gasteiger partial charge on any atom is -0.461 e. The Morgan fingerprint density at radius 2 is 1.48 bits per heavy atom. The van der Waals surface area contributed by atoms with Gasteiger partial charge in [0.15, 0.2) is 0 Å². The molecule has 0 fully saturated rings. The van der Waals surface area contributed by atoms with Gasteiger partial charge >= 0.3 is 5.97 Å². The molecule has 0 amide bonds. The van der Waals surface area contributed by atoms with Crippen LogP contribution >= 0.6 is 0 Å². The van der Waals surface area contributed by atoms with E-state index in [1.54, 1.807) is 26.0 Å². The Kier molecular flexibility index (Phi) is 6.65. The Balaban J connectivity index is 2.19. The SMILES string of the molecule is C[C@H](N)C(=O)O[C@@H](C)C(Cc1cccc(F)c1)Cc1cccc(F)c1. The third-order valence-electron chi connectivity index (χ3n) is 4.11. The van der Waals surface area contributed by atoms with Crippen LogP contribution in [-0.4, -0.2) is 18.1 Å². The van der Waals surface area contributed by atoms with Crippen molar-refractivity contribution < 1.29 is 18.3 Å². The molecule has 0 aliphatic heterocycles. The molecule has 0 saturated carbocycles. The van der Waals surface area contributed by atoms with Gasteiger partial charge in [-0.1, -0.05) is 24.3 Å². The zero-order chi connectivity index (χ0) is 18.4. The van der Waals surface area contributed by atoms with Crippen LogP contribution in [0.2, 0.25) is 0 Å². The van der Waals surface area contributed by atoms with Crippen molar-refractivity contribution in [3.63, 3.8) is 0 Å². The Hall–Kier alpha value is -2.27. The molecular weight excluding hydrogens is 324 g/mol. The summed E-state index contributed by atoms with van der Waals surface area (Å²) in [6.07, 6.45) is 0.564. The van der Waals surface area contributed by atoms with Crippen LogP contribution in [0.5, 0.6) is 0 Å². The molecule has 0 spiro atoms. The smallest absolute Gasteiger partial charge is 0.322 e. The topological polar surface area (TPSA) is 52.3 Å². The molecule has 2 aromatic rings. The van der Waals surface area contributed by atoms with Gasteiger partial charge in [0.2, 0.25) is 0 Å². The predicted octanol–water partition coefficient (Wildman–Crippen LogP) is 3.65. The summed E-state index contributed by atoms with van der Waals surface area (Å²) in [5.74, 6) is -1.26. The first-order chi connectivity index (χ1) is 11.8. The fourth-order valence-corrected chi connectivity index (χ4v) is 2.72. The summed E-state index contributed by atoms with van der Waals surface area (Å²) in [4.78, 5) is 11.8. The van der Waals surface area contributed by atoms with Gasteiger partial charge in [0.05, 0.1) is 0 Å². The number of rotatable bonds is 7. The number of ether oxygens (including phenoxy) is 1. The summed E-state index contributed by atoms with van der Waals surface area (Å²) >= 11 is 0. The van der Waals surface area contributed by atoms with E-state index < -0.39 is 18.1 Å². The highest BCUT2D eigenvalue weighted by Crippen LogP contribution is 2.21. The van der Waals surface area contributed by atoms with Gasteiger partial charge in [0.25, 0.3) is 0 Å². The fourth-order valence-electron chi connectivity index (χ4n) is 2.72. The number of hydrogen-bond donors (Lipinski definition) is 1. The quantitative estimate of drug-likeness (QED) is 0.778. The number of benzene rings is 2. The Morgan fingerprint density at radius 1 is 1.00 bits per heavy atom. The molecule has 3 nitrogen and oxygen atoms in total. The third kappa shape index (κ3) is 5.94. The van der Waals surface area contributed by atoms with Crippen LogP contribution in [0, 0.1) is 17.6 Å². The van der Waals surface area contributed by atoms with Crippen LogP contribution in [-0.2, 0) is 22.4 Å². The molecule has 0 heterocycles. The summed E-state index contributed by atoms with van der Waals surface area (Å²) in [7, 11) is 0. The Labute approximate surface area is 146 Å². The van der Waals surface area contributed by atoms with E-state index in [-0.39, 0.29) is 17.6 Å². The van der Waals surface area contributed by atoms with E-state index in [1.165, 1.54) is 24.3 Å². The second kappa shape index (κ2) is 8.72. The van der Waals surface area contributed by atoms with Gasteiger partial charge < -0.3 is 10.5 Å². The van der Waals surface area contributed by atoms with Crippen LogP contribution in [0.4, 0.5) is 8.78 Å². The number of hydrogen-bond acceptors (Lipinski definition) is 3. The normalized spacial score (nSPS) is 13.5. The third-order valence-corrected chi connectivity index (χ3v) is 4.11. The van der Waals surface area contributed by atoms with Crippen molar-refractivity contribution in [1.82, 2.24) is 0 Å². The van der Waals surface area contributed by atoms with E-state index in [0.29, 0.717) is 12.8 Å². The Bertz CT molecular complexity index is 671. The van der Waals surface area contributed by atoms with Crippen molar-refractivity contribution in [2.45, 2.75) is 38.8 Å². The van der Waals surface area contributed by atoms with E-state index in [4.69, 9.17) is 10.5 Å². The van der Waals surface area contributed by atoms with Gasteiger partial charge in [-0.05, 0) is 62.1 Å². The van der Waals surface area contributed by atoms with Gasteiger partial charge in [-0.2, -0.15) is 0 Å². The standard InChI is InChI=1S/C20H23F2NO2/c1-13(23)20(24)25-14(2)17(9-15-5-3-7-18(21)11-15)10-16-6-4-8-19(22)12-16/h3-8,11-14,17H,9-10,23H2,1-2H3/t13-,14-/m0/s1. The summed E-state index contributed by atoms with van der Waals surface area (Å²) in [6.45, 7) is 3.34. The molecule has 25 heavy (non-hydrogen) atoms. The van der Waals surface area contributed by atoms with Gasteiger partial charge in [0, 0.05) is 5.92 Å². The van der Waals surface area contributed by atoms with E-state index in [1.807, 2.05) is 12.1 Å². The van der Waals surface area contributed by atoms with Crippen LogP contribution in [0.25, 0.3) is 0 Å². The van der Waals surface area contributed by atoms with E-state index in [9.17, 15) is 13.6 Å². The molecule has 2 atom stereocenters.